The number of pyridine rings is 2. The number of alkyl halides is 1. The number of aliphatic hydroxyl groups excluding tert-OH is 1. The second-order valence-corrected chi connectivity index (χ2v) is 11.7. The van der Waals surface area contributed by atoms with Crippen LogP contribution in [0.5, 0.6) is 0 Å². The molecule has 6 rings (SSSR count). The maximum atomic E-state index is 9.39. The van der Waals surface area contributed by atoms with Gasteiger partial charge in [-0.05, 0) is 61.9 Å². The van der Waals surface area contributed by atoms with E-state index in [1.807, 2.05) is 81.1 Å². The van der Waals surface area contributed by atoms with Crippen LogP contribution in [0, 0.1) is 44.5 Å². The number of aromatic nitrogens is 4. The molecular formula is C39H37ClN4OS2. The highest BCUT2D eigenvalue weighted by atomic mass is 35.5. The highest BCUT2D eigenvalue weighted by Crippen LogP contribution is 2.22. The molecule has 0 aliphatic rings. The zero-order chi connectivity index (χ0) is 34.0. The summed E-state index contributed by atoms with van der Waals surface area (Å²) in [7, 11) is 0. The molecule has 0 aliphatic heterocycles. The van der Waals surface area contributed by atoms with Crippen LogP contribution in [0.4, 0.5) is 0 Å². The van der Waals surface area contributed by atoms with Gasteiger partial charge in [0.05, 0.1) is 22.3 Å². The van der Waals surface area contributed by atoms with Crippen molar-refractivity contribution in [2.45, 2.75) is 41.2 Å². The van der Waals surface area contributed by atoms with Gasteiger partial charge in [0.2, 0.25) is 0 Å². The first kappa shape index (κ1) is 36.8. The minimum Gasteiger partial charge on any atom is -0.392 e. The molecule has 5 nitrogen and oxygen atoms in total. The second-order valence-electron chi connectivity index (χ2n) is 9.58. The molecule has 0 aliphatic carbocycles. The zero-order valence-corrected chi connectivity index (χ0v) is 29.8. The van der Waals surface area contributed by atoms with Crippen molar-refractivity contribution in [1.29, 1.82) is 0 Å². The topological polar surface area (TPSA) is 71.8 Å². The minimum atomic E-state index is 0.00257. The summed E-state index contributed by atoms with van der Waals surface area (Å²) >= 11 is 7.84. The van der Waals surface area contributed by atoms with E-state index in [0.29, 0.717) is 0 Å². The Bertz CT molecular complexity index is 1980. The molecule has 0 unspecified atom stereocenters. The Balaban J connectivity index is 0.000000231. The van der Waals surface area contributed by atoms with Crippen molar-refractivity contribution in [1.82, 2.24) is 19.9 Å². The van der Waals surface area contributed by atoms with Crippen LogP contribution >= 0.6 is 34.3 Å². The standard InChI is InChI=1S/C18H14N2OS.C18H14N2S.C2H6.CH3Cl/c1-13-20-16(12-22-13)8-6-14-7-9-18(19-10-14)17-5-3-2-4-15(17)11-21;1-13-4-3-5-16(8-13)17-9-15(10-19-11-17)6-7-18-12-21-14(2)20-18;2*1-2/h2-5,7,9-10,12,21H,11H2,1H3;3-5,8-12H,1-2H3;1-2H3;1H3. The van der Waals surface area contributed by atoms with E-state index in [4.69, 9.17) is 0 Å². The molecule has 8 heteroatoms. The van der Waals surface area contributed by atoms with Gasteiger partial charge >= 0.3 is 0 Å². The molecule has 0 amide bonds. The number of aliphatic hydroxyl groups is 1. The summed E-state index contributed by atoms with van der Waals surface area (Å²) < 4.78 is 0. The third kappa shape index (κ3) is 11.6. The van der Waals surface area contributed by atoms with Crippen molar-refractivity contribution in [3.63, 3.8) is 0 Å². The van der Waals surface area contributed by atoms with Crippen LogP contribution in [0.3, 0.4) is 0 Å². The second kappa shape index (κ2) is 19.8. The van der Waals surface area contributed by atoms with E-state index in [-0.39, 0.29) is 6.61 Å². The van der Waals surface area contributed by atoms with E-state index in [1.54, 1.807) is 35.1 Å². The van der Waals surface area contributed by atoms with E-state index >= 15 is 0 Å². The molecule has 0 saturated carbocycles. The molecule has 4 heterocycles. The maximum absolute atomic E-state index is 9.39. The van der Waals surface area contributed by atoms with Crippen LogP contribution in [0.2, 0.25) is 0 Å². The quantitative estimate of drug-likeness (QED) is 0.149. The van der Waals surface area contributed by atoms with E-state index in [1.165, 1.54) is 11.9 Å². The van der Waals surface area contributed by atoms with Crippen LogP contribution in [0.25, 0.3) is 22.4 Å². The fraction of sp³-hybridized carbons (Fsp3) is 0.179. The van der Waals surface area contributed by atoms with Crippen molar-refractivity contribution in [3.8, 4) is 46.1 Å². The molecule has 0 radical (unpaired) electrons. The predicted octanol–water partition coefficient (Wildman–Crippen LogP) is 9.51. The molecule has 6 aromatic rings. The SMILES string of the molecule is CC.CCl.Cc1cccc(-c2cncc(C#Cc3csc(C)n3)c2)c1.Cc1nc(C#Cc2ccc(-c3ccccc3CO)nc2)cs1. The first-order valence-corrected chi connectivity index (χ1v) is 17.4. The van der Waals surface area contributed by atoms with E-state index in [9.17, 15) is 5.11 Å². The van der Waals surface area contributed by atoms with Crippen LogP contribution in [-0.4, -0.2) is 31.4 Å². The van der Waals surface area contributed by atoms with E-state index in [0.717, 1.165) is 60.5 Å². The van der Waals surface area contributed by atoms with Crippen LogP contribution < -0.4 is 0 Å². The highest BCUT2D eigenvalue weighted by Gasteiger charge is 2.05. The average Bonchev–Trinajstić information content (AvgIpc) is 3.75. The van der Waals surface area contributed by atoms with Crippen molar-refractivity contribution >= 4 is 34.3 Å². The first-order valence-electron chi connectivity index (χ1n) is 14.9. The van der Waals surface area contributed by atoms with Gasteiger partial charge in [-0.15, -0.1) is 34.3 Å². The van der Waals surface area contributed by atoms with Gasteiger partial charge in [-0.25, -0.2) is 9.97 Å². The van der Waals surface area contributed by atoms with Crippen molar-refractivity contribution in [2.24, 2.45) is 0 Å². The average molecular weight is 677 g/mol. The fourth-order valence-corrected chi connectivity index (χ4v) is 5.23. The molecule has 4 aromatic heterocycles. The summed E-state index contributed by atoms with van der Waals surface area (Å²) in [5.41, 5.74) is 9.48. The monoisotopic (exact) mass is 676 g/mol. The third-order valence-electron chi connectivity index (χ3n) is 6.22. The van der Waals surface area contributed by atoms with Crippen molar-refractivity contribution in [2.75, 3.05) is 6.38 Å². The lowest BCUT2D eigenvalue weighted by Crippen LogP contribution is -1.91. The fourth-order valence-electron chi connectivity index (χ4n) is 4.14. The van der Waals surface area contributed by atoms with Gasteiger partial charge < -0.3 is 5.11 Å². The van der Waals surface area contributed by atoms with Gasteiger partial charge in [0, 0.05) is 58.0 Å². The summed E-state index contributed by atoms with van der Waals surface area (Å²) in [5, 5.41) is 15.4. The zero-order valence-electron chi connectivity index (χ0n) is 27.4. The number of hydrogen-bond donors (Lipinski definition) is 1. The van der Waals surface area contributed by atoms with Crippen LogP contribution in [0.1, 0.15) is 57.5 Å². The van der Waals surface area contributed by atoms with Crippen molar-refractivity contribution < 1.29 is 5.11 Å². The molecule has 0 fully saturated rings. The number of halogens is 1. The molecule has 238 valence electrons. The normalized spacial score (nSPS) is 9.45. The highest BCUT2D eigenvalue weighted by molar-refractivity contribution is 7.09. The van der Waals surface area contributed by atoms with Crippen LogP contribution in [0.15, 0.2) is 96.1 Å². The number of thiazole rings is 2. The number of hydrogen-bond acceptors (Lipinski definition) is 7. The molecule has 0 atom stereocenters. The largest absolute Gasteiger partial charge is 0.392 e. The minimum absolute atomic E-state index is 0.00257. The molecule has 47 heavy (non-hydrogen) atoms. The Hall–Kier alpha value is -4.63. The van der Waals surface area contributed by atoms with E-state index in [2.05, 4.69) is 92.5 Å². The molecule has 2 aromatic carbocycles. The number of benzene rings is 2. The Morgan fingerprint density at radius 1 is 0.681 bits per heavy atom. The first-order chi connectivity index (χ1) is 23.0. The Morgan fingerprint density at radius 3 is 1.91 bits per heavy atom. The molecule has 0 saturated heterocycles. The van der Waals surface area contributed by atoms with Crippen LogP contribution in [-0.2, 0) is 6.61 Å². The van der Waals surface area contributed by atoms with Gasteiger partial charge in [0.15, 0.2) is 0 Å². The smallest absolute Gasteiger partial charge is 0.124 e. The molecule has 0 spiro atoms. The Kier molecular flexibility index (Phi) is 15.5. The lowest BCUT2D eigenvalue weighted by Gasteiger charge is -2.06. The molecule has 1 N–H and O–H groups in total. The summed E-state index contributed by atoms with van der Waals surface area (Å²) in [5.74, 6) is 12.3. The lowest BCUT2D eigenvalue weighted by molar-refractivity contribution is 0.282. The number of rotatable bonds is 3. The Labute approximate surface area is 291 Å². The number of nitrogens with zero attached hydrogens (tertiary/aromatic N) is 4. The van der Waals surface area contributed by atoms with Crippen molar-refractivity contribution in [3.05, 3.63) is 140 Å². The maximum Gasteiger partial charge on any atom is 0.124 e. The molecular weight excluding hydrogens is 640 g/mol. The van der Waals surface area contributed by atoms with Gasteiger partial charge in [0.1, 0.15) is 11.4 Å². The predicted molar refractivity (Wildman–Crippen MR) is 199 cm³/mol. The summed E-state index contributed by atoms with van der Waals surface area (Å²) in [4.78, 5) is 17.4. The lowest BCUT2D eigenvalue weighted by atomic mass is 10.0. The summed E-state index contributed by atoms with van der Waals surface area (Å²) in [6.45, 7) is 10.0. The Morgan fingerprint density at radius 2 is 1.34 bits per heavy atom. The summed E-state index contributed by atoms with van der Waals surface area (Å²) in [6, 6.07) is 22.0. The summed E-state index contributed by atoms with van der Waals surface area (Å²) in [6.07, 6.45) is 6.87. The number of aryl methyl sites for hydroxylation is 3. The van der Waals surface area contributed by atoms with E-state index < -0.39 is 0 Å². The molecule has 0 bridgehead atoms. The van der Waals surface area contributed by atoms with Gasteiger partial charge in [-0.1, -0.05) is 79.8 Å². The van der Waals surface area contributed by atoms with Gasteiger partial charge in [0.25, 0.3) is 0 Å². The van der Waals surface area contributed by atoms with Gasteiger partial charge in [-0.2, -0.15) is 0 Å². The third-order valence-corrected chi connectivity index (χ3v) is 7.77. The van der Waals surface area contributed by atoms with Gasteiger partial charge in [-0.3, -0.25) is 9.97 Å².